The molecule has 0 aliphatic carbocycles. The van der Waals surface area contributed by atoms with Crippen LogP contribution in [0.1, 0.15) is 0 Å². The summed E-state index contributed by atoms with van der Waals surface area (Å²) in [5.41, 5.74) is 0.815. The highest BCUT2D eigenvalue weighted by atomic mass is 17.1. The second kappa shape index (κ2) is 2.29. The Morgan fingerprint density at radius 2 is 2.18 bits per heavy atom. The fourth-order valence-corrected chi connectivity index (χ4v) is 1.13. The first kappa shape index (κ1) is 6.24. The number of hydrogen-bond acceptors (Lipinski definition) is 2. The molecule has 0 aliphatic heterocycles. The topological polar surface area (TPSA) is 45.2 Å². The van der Waals surface area contributed by atoms with E-state index in [1.165, 1.54) is 0 Å². The van der Waals surface area contributed by atoms with Crippen LogP contribution in [0.2, 0.25) is 0 Å². The molecule has 0 saturated carbocycles. The predicted octanol–water partition coefficient (Wildman–Crippen LogP) is 2.02. The van der Waals surface area contributed by atoms with E-state index in [1.807, 2.05) is 18.2 Å². The van der Waals surface area contributed by atoms with Crippen LogP contribution in [0.15, 0.2) is 30.5 Å². The number of benzene rings is 1. The molecule has 1 heterocycles. The smallest absolute Gasteiger partial charge is 0.189 e. The quantitative estimate of drug-likeness (QED) is 0.481. The van der Waals surface area contributed by atoms with E-state index in [4.69, 9.17) is 5.26 Å². The van der Waals surface area contributed by atoms with E-state index in [-0.39, 0.29) is 0 Å². The van der Waals surface area contributed by atoms with E-state index in [0.717, 1.165) is 10.9 Å². The van der Waals surface area contributed by atoms with Gasteiger partial charge in [0, 0.05) is 11.6 Å². The van der Waals surface area contributed by atoms with Gasteiger partial charge in [-0.1, -0.05) is 12.1 Å². The minimum atomic E-state index is 0.451. The van der Waals surface area contributed by atoms with Crippen molar-refractivity contribution in [2.24, 2.45) is 0 Å². The molecule has 11 heavy (non-hydrogen) atoms. The Balaban J connectivity index is 2.79. The number of aromatic nitrogens is 1. The lowest BCUT2D eigenvalue weighted by atomic mass is 10.2. The normalized spacial score (nSPS) is 10.3. The van der Waals surface area contributed by atoms with Crippen molar-refractivity contribution in [1.82, 2.24) is 4.98 Å². The van der Waals surface area contributed by atoms with Crippen LogP contribution in [0.25, 0.3) is 10.9 Å². The van der Waals surface area contributed by atoms with Crippen molar-refractivity contribution in [1.29, 1.82) is 0 Å². The SMILES string of the molecule is OOc1cccc2cc[nH]c12. The predicted molar refractivity (Wildman–Crippen MR) is 41.6 cm³/mol. The number of H-pyrrole nitrogens is 1. The molecule has 0 spiro atoms. The Morgan fingerprint density at radius 1 is 1.27 bits per heavy atom. The minimum absolute atomic E-state index is 0.451. The third kappa shape index (κ3) is 0.860. The molecular weight excluding hydrogens is 142 g/mol. The molecule has 1 aromatic carbocycles. The minimum Gasteiger partial charge on any atom is -0.358 e. The summed E-state index contributed by atoms with van der Waals surface area (Å²) in [4.78, 5) is 7.11. The van der Waals surface area contributed by atoms with E-state index in [1.54, 1.807) is 12.3 Å². The van der Waals surface area contributed by atoms with Crippen molar-refractivity contribution in [3.63, 3.8) is 0 Å². The van der Waals surface area contributed by atoms with Gasteiger partial charge in [0.25, 0.3) is 0 Å². The average molecular weight is 149 g/mol. The molecule has 3 nitrogen and oxygen atoms in total. The Bertz CT molecular complexity index is 367. The highest BCUT2D eigenvalue weighted by molar-refractivity contribution is 5.84. The number of aromatic amines is 1. The number of rotatable bonds is 1. The molecule has 2 N–H and O–H groups in total. The summed E-state index contributed by atoms with van der Waals surface area (Å²) in [7, 11) is 0. The highest BCUT2D eigenvalue weighted by Gasteiger charge is 2.00. The summed E-state index contributed by atoms with van der Waals surface area (Å²) in [5.74, 6) is 0.451. The van der Waals surface area contributed by atoms with Gasteiger partial charge in [-0.2, -0.15) is 0 Å². The van der Waals surface area contributed by atoms with Crippen LogP contribution in [0.5, 0.6) is 5.75 Å². The molecule has 56 valence electrons. The molecule has 0 unspecified atom stereocenters. The van der Waals surface area contributed by atoms with Crippen LogP contribution < -0.4 is 4.89 Å². The van der Waals surface area contributed by atoms with Crippen molar-refractivity contribution in [3.8, 4) is 5.75 Å². The van der Waals surface area contributed by atoms with Crippen LogP contribution in [-0.4, -0.2) is 10.2 Å². The maximum Gasteiger partial charge on any atom is 0.189 e. The van der Waals surface area contributed by atoms with Crippen LogP contribution in [0, 0.1) is 0 Å². The summed E-state index contributed by atoms with van der Waals surface area (Å²) >= 11 is 0. The molecule has 0 radical (unpaired) electrons. The molecule has 1 aromatic heterocycles. The maximum absolute atomic E-state index is 8.43. The summed E-state index contributed by atoms with van der Waals surface area (Å²) in [6.07, 6.45) is 1.80. The van der Waals surface area contributed by atoms with Gasteiger partial charge in [0.2, 0.25) is 0 Å². The largest absolute Gasteiger partial charge is 0.358 e. The fourth-order valence-electron chi connectivity index (χ4n) is 1.13. The Labute approximate surface area is 63.2 Å². The van der Waals surface area contributed by atoms with Gasteiger partial charge in [0.05, 0.1) is 5.52 Å². The van der Waals surface area contributed by atoms with Crippen LogP contribution in [0.3, 0.4) is 0 Å². The van der Waals surface area contributed by atoms with E-state index >= 15 is 0 Å². The first-order chi connectivity index (χ1) is 5.42. The van der Waals surface area contributed by atoms with Gasteiger partial charge in [0.15, 0.2) is 5.75 Å². The highest BCUT2D eigenvalue weighted by Crippen LogP contribution is 2.22. The zero-order valence-corrected chi connectivity index (χ0v) is 5.74. The maximum atomic E-state index is 8.43. The molecule has 0 amide bonds. The van der Waals surface area contributed by atoms with Gasteiger partial charge in [-0.3, -0.25) is 0 Å². The van der Waals surface area contributed by atoms with Crippen molar-refractivity contribution in [3.05, 3.63) is 30.5 Å². The Kier molecular flexibility index (Phi) is 1.30. The molecule has 0 fully saturated rings. The van der Waals surface area contributed by atoms with Gasteiger partial charge >= 0.3 is 0 Å². The van der Waals surface area contributed by atoms with Gasteiger partial charge in [-0.15, -0.1) is 0 Å². The Hall–Kier alpha value is -1.48. The number of hydrogen-bond donors (Lipinski definition) is 2. The lowest BCUT2D eigenvalue weighted by Crippen LogP contribution is -1.83. The summed E-state index contributed by atoms with van der Waals surface area (Å²) in [5, 5.41) is 9.46. The molecule has 2 aromatic rings. The molecule has 0 atom stereocenters. The molecule has 0 bridgehead atoms. The lowest BCUT2D eigenvalue weighted by Gasteiger charge is -1.96. The molecule has 2 rings (SSSR count). The zero-order valence-electron chi connectivity index (χ0n) is 5.74. The number of para-hydroxylation sites is 1. The fraction of sp³-hybridized carbons (Fsp3) is 0. The number of nitrogens with one attached hydrogen (secondary N) is 1. The second-order valence-electron chi connectivity index (χ2n) is 2.29. The molecule has 3 heteroatoms. The number of fused-ring (bicyclic) bond motifs is 1. The van der Waals surface area contributed by atoms with Crippen LogP contribution >= 0.6 is 0 Å². The van der Waals surface area contributed by atoms with Crippen molar-refractivity contribution in [2.45, 2.75) is 0 Å². The monoisotopic (exact) mass is 149 g/mol. The first-order valence-electron chi connectivity index (χ1n) is 3.29. The van der Waals surface area contributed by atoms with E-state index < -0.39 is 0 Å². The first-order valence-corrected chi connectivity index (χ1v) is 3.29. The van der Waals surface area contributed by atoms with Gasteiger partial charge in [-0.05, 0) is 12.1 Å². The van der Waals surface area contributed by atoms with Gasteiger partial charge < -0.3 is 9.87 Å². The van der Waals surface area contributed by atoms with E-state index in [0.29, 0.717) is 5.75 Å². The van der Waals surface area contributed by atoms with Gasteiger partial charge in [0.1, 0.15) is 0 Å². The molecule has 0 saturated heterocycles. The van der Waals surface area contributed by atoms with Crippen LogP contribution in [0.4, 0.5) is 0 Å². The average Bonchev–Trinajstić information content (AvgIpc) is 2.50. The molecule has 0 aliphatic rings. The van der Waals surface area contributed by atoms with Crippen LogP contribution in [-0.2, 0) is 0 Å². The van der Waals surface area contributed by atoms with Gasteiger partial charge in [-0.25, -0.2) is 5.26 Å². The lowest BCUT2D eigenvalue weighted by molar-refractivity contribution is -0.136. The van der Waals surface area contributed by atoms with Crippen molar-refractivity contribution < 1.29 is 10.1 Å². The van der Waals surface area contributed by atoms with E-state index in [9.17, 15) is 0 Å². The molecular formula is C8H7NO2. The summed E-state index contributed by atoms with van der Waals surface area (Å²) in [6.45, 7) is 0. The summed E-state index contributed by atoms with van der Waals surface area (Å²) in [6, 6.07) is 7.37. The van der Waals surface area contributed by atoms with Crippen molar-refractivity contribution >= 4 is 10.9 Å². The Morgan fingerprint density at radius 3 is 3.00 bits per heavy atom. The standard InChI is InChI=1S/C8H7NO2/c10-11-7-3-1-2-6-4-5-9-8(6)7/h1-5,9-10H. The third-order valence-electron chi connectivity index (χ3n) is 1.65. The second-order valence-corrected chi connectivity index (χ2v) is 2.29. The van der Waals surface area contributed by atoms with E-state index in [2.05, 4.69) is 9.87 Å². The third-order valence-corrected chi connectivity index (χ3v) is 1.65. The zero-order chi connectivity index (χ0) is 7.68. The summed E-state index contributed by atoms with van der Waals surface area (Å²) < 4.78 is 0. The van der Waals surface area contributed by atoms with Crippen molar-refractivity contribution in [2.75, 3.05) is 0 Å².